The number of rotatable bonds is 5. The normalized spacial score (nSPS) is 13.7. The van der Waals surface area contributed by atoms with E-state index in [4.69, 9.17) is 4.74 Å². The molecular weight excluding hydrogens is 360 g/mol. The molecule has 1 amide bonds. The molecule has 0 fully saturated rings. The number of aryl methyl sites for hydroxylation is 1. The quantitative estimate of drug-likeness (QED) is 0.697. The van der Waals surface area contributed by atoms with Gasteiger partial charge in [-0.15, -0.1) is 0 Å². The van der Waals surface area contributed by atoms with Gasteiger partial charge >= 0.3 is 0 Å². The number of ether oxygens (including phenoxy) is 1. The molecule has 0 aromatic heterocycles. The molecule has 3 aromatic carbocycles. The molecule has 148 valence electrons. The molecule has 0 aliphatic carbocycles. The average Bonchev–Trinajstić information content (AvgIpc) is 2.77. The summed E-state index contributed by atoms with van der Waals surface area (Å²) in [4.78, 5) is 15.0. The summed E-state index contributed by atoms with van der Waals surface area (Å²) in [5.74, 6) is 0.871. The molecule has 3 aromatic rings. The minimum absolute atomic E-state index is 0.0851. The van der Waals surface area contributed by atoms with Crippen molar-refractivity contribution < 1.29 is 9.53 Å². The summed E-state index contributed by atoms with van der Waals surface area (Å²) in [5.41, 5.74) is 5.05. The van der Waals surface area contributed by atoms with Crippen LogP contribution >= 0.6 is 0 Å². The molecule has 0 bridgehead atoms. The summed E-state index contributed by atoms with van der Waals surface area (Å²) in [5, 5.41) is 3.23. The van der Waals surface area contributed by atoms with E-state index in [0.717, 1.165) is 42.0 Å². The predicted octanol–water partition coefficient (Wildman–Crippen LogP) is 4.60. The van der Waals surface area contributed by atoms with Crippen LogP contribution in [0.3, 0.4) is 0 Å². The molecule has 0 saturated heterocycles. The van der Waals surface area contributed by atoms with E-state index in [9.17, 15) is 4.79 Å². The molecule has 4 rings (SSSR count). The van der Waals surface area contributed by atoms with Crippen molar-refractivity contribution in [3.05, 3.63) is 95.1 Å². The van der Waals surface area contributed by atoms with Crippen molar-refractivity contribution in [1.29, 1.82) is 0 Å². The molecular formula is C25H26N2O2. The van der Waals surface area contributed by atoms with Gasteiger partial charge in [0.05, 0.1) is 12.6 Å². The Kier molecular flexibility index (Phi) is 5.52. The predicted molar refractivity (Wildman–Crippen MR) is 117 cm³/mol. The monoisotopic (exact) mass is 386 g/mol. The Morgan fingerprint density at radius 3 is 2.45 bits per heavy atom. The molecule has 4 nitrogen and oxygen atoms in total. The summed E-state index contributed by atoms with van der Waals surface area (Å²) in [6.45, 7) is 0.772. The van der Waals surface area contributed by atoms with Crippen molar-refractivity contribution in [3.8, 4) is 5.75 Å². The Bertz CT molecular complexity index is 981. The second-order valence-electron chi connectivity index (χ2n) is 7.58. The van der Waals surface area contributed by atoms with E-state index in [1.807, 2.05) is 67.5 Å². The fourth-order valence-corrected chi connectivity index (χ4v) is 3.69. The molecule has 1 atom stereocenters. The van der Waals surface area contributed by atoms with Crippen molar-refractivity contribution in [3.63, 3.8) is 0 Å². The fraction of sp³-hybridized carbons (Fsp3) is 0.240. The molecule has 1 heterocycles. The van der Waals surface area contributed by atoms with Crippen LogP contribution in [-0.4, -0.2) is 26.6 Å². The van der Waals surface area contributed by atoms with Crippen molar-refractivity contribution in [2.45, 2.75) is 18.9 Å². The first kappa shape index (κ1) is 19.1. The van der Waals surface area contributed by atoms with Crippen LogP contribution in [0, 0.1) is 0 Å². The SMILES string of the molecule is CN(C)c1ccc(C(=O)N[C@H](c2ccccc2)c2ccc3c(c2)CCCO3)cc1. The zero-order chi connectivity index (χ0) is 20.2. The molecule has 0 spiro atoms. The van der Waals surface area contributed by atoms with Gasteiger partial charge in [-0.05, 0) is 65.9 Å². The van der Waals surface area contributed by atoms with Crippen LogP contribution in [-0.2, 0) is 6.42 Å². The number of hydrogen-bond acceptors (Lipinski definition) is 3. The largest absolute Gasteiger partial charge is 0.493 e. The van der Waals surface area contributed by atoms with Gasteiger partial charge in [0.1, 0.15) is 5.75 Å². The van der Waals surface area contributed by atoms with Gasteiger partial charge in [0.2, 0.25) is 0 Å². The first-order valence-electron chi connectivity index (χ1n) is 10.0. The molecule has 1 aliphatic heterocycles. The van der Waals surface area contributed by atoms with E-state index in [1.165, 1.54) is 5.56 Å². The van der Waals surface area contributed by atoms with Crippen molar-refractivity contribution in [2.75, 3.05) is 25.6 Å². The lowest BCUT2D eigenvalue weighted by Crippen LogP contribution is -2.29. The maximum Gasteiger partial charge on any atom is 0.252 e. The van der Waals surface area contributed by atoms with Crippen LogP contribution in [0.25, 0.3) is 0 Å². The van der Waals surface area contributed by atoms with E-state index in [1.54, 1.807) is 0 Å². The third kappa shape index (κ3) is 4.27. The lowest BCUT2D eigenvalue weighted by atomic mass is 9.94. The Balaban J connectivity index is 1.64. The zero-order valence-corrected chi connectivity index (χ0v) is 16.9. The first-order chi connectivity index (χ1) is 14.1. The minimum Gasteiger partial charge on any atom is -0.493 e. The molecule has 1 N–H and O–H groups in total. The molecule has 29 heavy (non-hydrogen) atoms. The van der Waals surface area contributed by atoms with Crippen LogP contribution in [0.15, 0.2) is 72.8 Å². The standard InChI is InChI=1S/C25H26N2O2/c1-27(2)22-13-10-19(11-14-22)25(28)26-24(18-7-4-3-5-8-18)21-12-15-23-20(17-21)9-6-16-29-23/h3-5,7-8,10-15,17,24H,6,9,16H2,1-2H3,(H,26,28)/t24-/m1/s1. The third-order valence-corrected chi connectivity index (χ3v) is 5.32. The third-order valence-electron chi connectivity index (χ3n) is 5.32. The molecule has 1 aliphatic rings. The Labute approximate surface area is 172 Å². The summed E-state index contributed by atoms with van der Waals surface area (Å²) in [6.07, 6.45) is 2.03. The number of carbonyl (C=O) groups excluding carboxylic acids is 1. The highest BCUT2D eigenvalue weighted by Crippen LogP contribution is 2.30. The van der Waals surface area contributed by atoms with Crippen LogP contribution < -0.4 is 15.0 Å². The lowest BCUT2D eigenvalue weighted by Gasteiger charge is -2.23. The summed E-state index contributed by atoms with van der Waals surface area (Å²) in [6, 6.07) is 23.8. The van der Waals surface area contributed by atoms with Gasteiger partial charge in [0, 0.05) is 25.3 Å². The maximum atomic E-state index is 13.0. The highest BCUT2D eigenvalue weighted by atomic mass is 16.5. The topological polar surface area (TPSA) is 41.6 Å². The van der Waals surface area contributed by atoms with Gasteiger partial charge in [-0.2, -0.15) is 0 Å². The number of carbonyl (C=O) groups is 1. The number of benzene rings is 3. The van der Waals surface area contributed by atoms with E-state index in [2.05, 4.69) is 29.6 Å². The van der Waals surface area contributed by atoms with Crippen molar-refractivity contribution in [2.24, 2.45) is 0 Å². The average molecular weight is 386 g/mol. The Morgan fingerprint density at radius 1 is 0.966 bits per heavy atom. The Hall–Kier alpha value is -3.27. The Morgan fingerprint density at radius 2 is 1.72 bits per heavy atom. The van der Waals surface area contributed by atoms with E-state index < -0.39 is 0 Å². The number of fused-ring (bicyclic) bond motifs is 1. The summed E-state index contributed by atoms with van der Waals surface area (Å²) >= 11 is 0. The van der Waals surface area contributed by atoms with Gasteiger partial charge in [0.15, 0.2) is 0 Å². The van der Waals surface area contributed by atoms with Gasteiger partial charge in [-0.3, -0.25) is 4.79 Å². The van der Waals surface area contributed by atoms with E-state index in [0.29, 0.717) is 5.56 Å². The van der Waals surface area contributed by atoms with Crippen LogP contribution in [0.2, 0.25) is 0 Å². The second-order valence-corrected chi connectivity index (χ2v) is 7.58. The minimum atomic E-state index is -0.218. The molecule has 0 radical (unpaired) electrons. The zero-order valence-electron chi connectivity index (χ0n) is 16.9. The lowest BCUT2D eigenvalue weighted by molar-refractivity contribution is 0.0943. The number of nitrogens with zero attached hydrogens (tertiary/aromatic N) is 1. The van der Waals surface area contributed by atoms with Crippen molar-refractivity contribution >= 4 is 11.6 Å². The number of anilines is 1. The maximum absolute atomic E-state index is 13.0. The van der Waals surface area contributed by atoms with Gasteiger partial charge in [-0.25, -0.2) is 0 Å². The summed E-state index contributed by atoms with van der Waals surface area (Å²) in [7, 11) is 3.97. The van der Waals surface area contributed by atoms with Gasteiger partial charge < -0.3 is 15.0 Å². The molecule has 4 heteroatoms. The number of hydrogen-bond donors (Lipinski definition) is 1. The van der Waals surface area contributed by atoms with Gasteiger partial charge in [0.25, 0.3) is 5.91 Å². The number of nitrogens with one attached hydrogen (secondary N) is 1. The van der Waals surface area contributed by atoms with Crippen LogP contribution in [0.4, 0.5) is 5.69 Å². The highest BCUT2D eigenvalue weighted by molar-refractivity contribution is 5.95. The first-order valence-corrected chi connectivity index (χ1v) is 10.0. The molecule has 0 saturated carbocycles. The van der Waals surface area contributed by atoms with Crippen LogP contribution in [0.1, 0.15) is 39.5 Å². The molecule has 0 unspecified atom stereocenters. The van der Waals surface area contributed by atoms with E-state index in [-0.39, 0.29) is 11.9 Å². The second kappa shape index (κ2) is 8.39. The highest BCUT2D eigenvalue weighted by Gasteiger charge is 2.20. The van der Waals surface area contributed by atoms with E-state index >= 15 is 0 Å². The van der Waals surface area contributed by atoms with Crippen LogP contribution in [0.5, 0.6) is 5.75 Å². The van der Waals surface area contributed by atoms with Crippen molar-refractivity contribution in [1.82, 2.24) is 5.32 Å². The van der Waals surface area contributed by atoms with Gasteiger partial charge in [-0.1, -0.05) is 36.4 Å². The smallest absolute Gasteiger partial charge is 0.252 e. The fourth-order valence-electron chi connectivity index (χ4n) is 3.69. The number of amides is 1. The summed E-state index contributed by atoms with van der Waals surface area (Å²) < 4.78 is 5.75.